The van der Waals surface area contributed by atoms with Crippen LogP contribution in [-0.4, -0.2) is 134 Å². The van der Waals surface area contributed by atoms with E-state index in [1.165, 1.54) is 0 Å². The number of nitrogens with zero attached hydrogens (tertiary/aromatic N) is 1. The van der Waals surface area contributed by atoms with Gasteiger partial charge in [0.1, 0.15) is 37.6 Å². The molecule has 0 spiro atoms. The van der Waals surface area contributed by atoms with Gasteiger partial charge in [-0.15, -0.1) is 0 Å². The second-order valence-corrected chi connectivity index (χ2v) is 10.7. The van der Waals surface area contributed by atoms with Gasteiger partial charge in [0.2, 0.25) is 11.8 Å². The molecule has 1 unspecified atom stereocenters. The zero-order chi connectivity index (χ0) is 28.1. The lowest BCUT2D eigenvalue weighted by Gasteiger charge is -2.39. The number of likely N-dealkylation sites (N-methyl/N-ethyl adjacent to an activating group) is 1. The van der Waals surface area contributed by atoms with Crippen molar-refractivity contribution in [3.63, 3.8) is 0 Å². The van der Waals surface area contributed by atoms with Gasteiger partial charge >= 0.3 is 0 Å². The van der Waals surface area contributed by atoms with Crippen molar-refractivity contribution in [3.05, 3.63) is 0 Å². The molecule has 15 nitrogen and oxygen atoms in total. The minimum Gasteiger partial charge on any atom is -0.756 e. The number of ether oxygens (including phenoxy) is 2. The number of carbonyl (C=O) groups is 2. The Hall–Kier alpha value is -1.23. The highest BCUT2D eigenvalue weighted by atomic mass is 31.2. The maximum atomic E-state index is 12.0. The van der Waals surface area contributed by atoms with Crippen LogP contribution in [0.25, 0.3) is 0 Å². The minimum absolute atomic E-state index is 0.0376. The van der Waals surface area contributed by atoms with Crippen molar-refractivity contribution >= 4 is 19.6 Å². The largest absolute Gasteiger partial charge is 0.756 e. The molecule has 1 rings (SSSR count). The van der Waals surface area contributed by atoms with Gasteiger partial charge in [-0.2, -0.15) is 0 Å². The molecule has 0 saturated carbocycles. The average molecular weight is 560 g/mol. The first-order chi connectivity index (χ1) is 17.3. The average Bonchev–Trinajstić information content (AvgIpc) is 2.83. The Bertz CT molecular complexity index is 742. The molecule has 0 aromatic carbocycles. The smallest absolute Gasteiger partial charge is 0.268 e. The molecule has 1 heterocycles. The second-order valence-electron chi connectivity index (χ2n) is 9.26. The molecule has 2 amide bonds. The third kappa shape index (κ3) is 13.4. The van der Waals surface area contributed by atoms with Gasteiger partial charge < -0.3 is 59.0 Å². The van der Waals surface area contributed by atoms with E-state index in [0.29, 0.717) is 30.5 Å². The molecule has 0 radical (unpaired) electrons. The number of aliphatic hydroxyl groups is 4. The third-order valence-corrected chi connectivity index (χ3v) is 6.57. The molecule has 0 aliphatic carbocycles. The van der Waals surface area contributed by atoms with Crippen LogP contribution in [0.15, 0.2) is 0 Å². The first-order valence-corrected chi connectivity index (χ1v) is 13.7. The molecule has 0 bridgehead atoms. The van der Waals surface area contributed by atoms with E-state index in [1.54, 1.807) is 6.92 Å². The van der Waals surface area contributed by atoms with E-state index in [2.05, 4.69) is 15.2 Å². The van der Waals surface area contributed by atoms with Crippen LogP contribution in [0.1, 0.15) is 26.2 Å². The van der Waals surface area contributed by atoms with Crippen LogP contribution >= 0.6 is 7.82 Å². The van der Waals surface area contributed by atoms with Crippen molar-refractivity contribution in [2.75, 3.05) is 66.7 Å². The number of nitrogens with one attached hydrogen (secondary N) is 2. The van der Waals surface area contributed by atoms with Gasteiger partial charge in [0.15, 0.2) is 6.29 Å². The van der Waals surface area contributed by atoms with E-state index in [0.717, 1.165) is 0 Å². The molecule has 1 saturated heterocycles. The number of rotatable bonds is 18. The molecular weight excluding hydrogens is 517 g/mol. The predicted octanol–water partition coefficient (Wildman–Crippen LogP) is -3.20. The number of carbonyl (C=O) groups excluding carboxylic acids is 2. The van der Waals surface area contributed by atoms with Crippen molar-refractivity contribution in [2.45, 2.75) is 56.9 Å². The summed E-state index contributed by atoms with van der Waals surface area (Å²) < 4.78 is 31.9. The fourth-order valence-corrected chi connectivity index (χ4v) is 4.01. The van der Waals surface area contributed by atoms with Gasteiger partial charge in [-0.1, -0.05) is 6.92 Å². The molecule has 6 N–H and O–H groups in total. The monoisotopic (exact) mass is 559 g/mol. The normalized spacial score (nSPS) is 25.9. The summed E-state index contributed by atoms with van der Waals surface area (Å²) in [5.41, 5.74) is 0. The number of quaternary nitrogens is 1. The number of phosphoric ester groups is 1. The molecule has 16 heteroatoms. The van der Waals surface area contributed by atoms with Crippen molar-refractivity contribution in [3.8, 4) is 0 Å². The Labute approximate surface area is 216 Å². The van der Waals surface area contributed by atoms with Crippen molar-refractivity contribution in [1.29, 1.82) is 0 Å². The van der Waals surface area contributed by atoms with Crippen LogP contribution in [0.5, 0.6) is 0 Å². The van der Waals surface area contributed by atoms with E-state index >= 15 is 0 Å². The standard InChI is InChI=1S/C21H42N3O12P/c1-4-11-34-37(31,32)35-13-10-24(2,3)9-7-22-16(26)5-6-17(27)23-8-12-33-21-20(30)19(29)18(28)15(14-25)36-21/h15,18-21,25,28-30H,4-14H2,1-3H3,(H2-,22,23,26,27,31,32)/t15-,18-,19+,20+,21+/m1/s1. The fraction of sp³-hybridized carbons (Fsp3) is 0.905. The molecule has 0 aromatic heterocycles. The lowest BCUT2D eigenvalue weighted by atomic mass is 9.99. The molecule has 37 heavy (non-hydrogen) atoms. The van der Waals surface area contributed by atoms with Crippen LogP contribution in [0, 0.1) is 0 Å². The quantitative estimate of drug-likeness (QED) is 0.0556. The number of hydrogen-bond acceptors (Lipinski definition) is 12. The number of aliphatic hydroxyl groups excluding tert-OH is 4. The fourth-order valence-electron chi connectivity index (χ4n) is 3.22. The Morgan fingerprint density at radius 3 is 2.14 bits per heavy atom. The Kier molecular flexibility index (Phi) is 15.2. The maximum absolute atomic E-state index is 12.0. The summed E-state index contributed by atoms with van der Waals surface area (Å²) in [6.45, 7) is 2.40. The lowest BCUT2D eigenvalue weighted by Crippen LogP contribution is -2.59. The first kappa shape index (κ1) is 33.8. The summed E-state index contributed by atoms with van der Waals surface area (Å²) >= 11 is 0. The van der Waals surface area contributed by atoms with Crippen LogP contribution in [0.3, 0.4) is 0 Å². The van der Waals surface area contributed by atoms with E-state index in [-0.39, 0.29) is 45.1 Å². The van der Waals surface area contributed by atoms with Gasteiger partial charge in [0, 0.05) is 19.4 Å². The molecule has 218 valence electrons. The van der Waals surface area contributed by atoms with Crippen LogP contribution in [0.2, 0.25) is 0 Å². The zero-order valence-corrected chi connectivity index (χ0v) is 22.5. The van der Waals surface area contributed by atoms with Crippen LogP contribution in [0.4, 0.5) is 0 Å². The summed E-state index contributed by atoms with van der Waals surface area (Å²) in [7, 11) is -0.588. The summed E-state index contributed by atoms with van der Waals surface area (Å²) in [6.07, 6.45) is -6.48. The Morgan fingerprint density at radius 1 is 0.946 bits per heavy atom. The van der Waals surface area contributed by atoms with Gasteiger partial charge in [-0.3, -0.25) is 14.2 Å². The molecule has 1 aliphatic rings. The van der Waals surface area contributed by atoms with Gasteiger partial charge in [0.25, 0.3) is 7.82 Å². The predicted molar refractivity (Wildman–Crippen MR) is 127 cm³/mol. The number of hydrogen-bond donors (Lipinski definition) is 6. The molecular formula is C21H42N3O12P. The summed E-state index contributed by atoms with van der Waals surface area (Å²) in [6, 6.07) is 0. The first-order valence-electron chi connectivity index (χ1n) is 12.2. The zero-order valence-electron chi connectivity index (χ0n) is 21.6. The van der Waals surface area contributed by atoms with Crippen LogP contribution < -0.4 is 15.5 Å². The van der Waals surface area contributed by atoms with E-state index in [4.69, 9.17) is 19.1 Å². The van der Waals surface area contributed by atoms with Gasteiger partial charge in [0.05, 0.1) is 47.0 Å². The molecule has 6 atom stereocenters. The third-order valence-electron chi connectivity index (χ3n) is 5.57. The van der Waals surface area contributed by atoms with Crippen molar-refractivity contribution < 1.29 is 62.5 Å². The second kappa shape index (κ2) is 16.7. The van der Waals surface area contributed by atoms with Crippen molar-refractivity contribution in [2.24, 2.45) is 0 Å². The summed E-state index contributed by atoms with van der Waals surface area (Å²) in [5.74, 6) is -0.714. The minimum atomic E-state index is -4.31. The van der Waals surface area contributed by atoms with E-state index in [9.17, 15) is 34.4 Å². The highest BCUT2D eigenvalue weighted by molar-refractivity contribution is 7.45. The summed E-state index contributed by atoms with van der Waals surface area (Å²) in [4.78, 5) is 35.5. The molecule has 1 aliphatic heterocycles. The molecule has 1 fully saturated rings. The Morgan fingerprint density at radius 2 is 1.54 bits per heavy atom. The van der Waals surface area contributed by atoms with Crippen molar-refractivity contribution in [1.82, 2.24) is 10.6 Å². The van der Waals surface area contributed by atoms with Gasteiger partial charge in [-0.25, -0.2) is 0 Å². The highest BCUT2D eigenvalue weighted by Gasteiger charge is 2.43. The van der Waals surface area contributed by atoms with Crippen LogP contribution in [-0.2, 0) is 32.7 Å². The van der Waals surface area contributed by atoms with E-state index < -0.39 is 51.0 Å². The SMILES string of the molecule is CCCOP(=O)([O-])OCC[N+](C)(C)CCNC(=O)CCC(=O)NCCO[C@H]1O[C@H](CO)[C@@H](O)[C@H](O)[C@@H]1O. The lowest BCUT2D eigenvalue weighted by molar-refractivity contribution is -0.889. The maximum Gasteiger partial charge on any atom is 0.268 e. The Balaban J connectivity index is 2.18. The highest BCUT2D eigenvalue weighted by Crippen LogP contribution is 2.38. The topological polar surface area (TPSA) is 216 Å². The van der Waals surface area contributed by atoms with E-state index in [1.807, 2.05) is 14.1 Å². The molecule has 0 aromatic rings. The summed E-state index contributed by atoms with van der Waals surface area (Å²) in [5, 5.41) is 43.8. The number of phosphoric acid groups is 1. The number of amides is 2. The van der Waals surface area contributed by atoms with Gasteiger partial charge in [-0.05, 0) is 6.42 Å².